The fourth-order valence-corrected chi connectivity index (χ4v) is 1.32. The number of hydrogen-bond donors (Lipinski definition) is 0. The lowest BCUT2D eigenvalue weighted by molar-refractivity contribution is -0.122. The summed E-state index contributed by atoms with van der Waals surface area (Å²) in [7, 11) is 0. The highest BCUT2D eigenvalue weighted by atomic mass is 16.1. The van der Waals surface area contributed by atoms with Gasteiger partial charge in [-0.1, -0.05) is 19.1 Å². The van der Waals surface area contributed by atoms with Gasteiger partial charge in [-0.15, -0.1) is 0 Å². The summed E-state index contributed by atoms with van der Waals surface area (Å²) in [4.78, 5) is 11.4. The minimum Gasteiger partial charge on any atom is -0.299 e. The maximum Gasteiger partial charge on any atom is 0.139 e. The smallest absolute Gasteiger partial charge is 0.139 e. The highest BCUT2D eigenvalue weighted by Crippen LogP contribution is 2.37. The molecular formula is C10H16O. The zero-order valence-corrected chi connectivity index (χ0v) is 7.39. The van der Waals surface area contributed by atoms with Gasteiger partial charge in [-0.2, -0.15) is 0 Å². The number of carbonyl (C=O) groups is 1. The van der Waals surface area contributed by atoms with E-state index in [-0.39, 0.29) is 5.92 Å². The van der Waals surface area contributed by atoms with Gasteiger partial charge in [0.1, 0.15) is 5.78 Å². The van der Waals surface area contributed by atoms with Gasteiger partial charge in [-0.3, -0.25) is 4.79 Å². The number of Topliss-reactive ketones (excluding diaryl/α,β-unsaturated/α-hetero) is 1. The Morgan fingerprint density at radius 3 is 2.55 bits per heavy atom. The molecule has 1 atom stereocenters. The highest BCUT2D eigenvalue weighted by Gasteiger charge is 2.31. The van der Waals surface area contributed by atoms with Gasteiger partial charge < -0.3 is 0 Å². The van der Waals surface area contributed by atoms with Gasteiger partial charge >= 0.3 is 0 Å². The van der Waals surface area contributed by atoms with Crippen molar-refractivity contribution in [1.82, 2.24) is 0 Å². The van der Waals surface area contributed by atoms with Crippen molar-refractivity contribution >= 4 is 5.78 Å². The summed E-state index contributed by atoms with van der Waals surface area (Å²) >= 11 is 0. The first-order valence-corrected chi connectivity index (χ1v) is 4.28. The van der Waals surface area contributed by atoms with Crippen molar-refractivity contribution < 1.29 is 4.79 Å². The summed E-state index contributed by atoms with van der Waals surface area (Å²) in [5.74, 6) is 1.36. The van der Waals surface area contributed by atoms with Crippen molar-refractivity contribution in [2.45, 2.75) is 33.1 Å². The van der Waals surface area contributed by atoms with Crippen LogP contribution < -0.4 is 0 Å². The molecule has 1 nitrogen and oxygen atoms in total. The molecule has 0 aromatic carbocycles. The summed E-state index contributed by atoms with van der Waals surface area (Å²) in [5, 5.41) is 0. The molecular weight excluding hydrogens is 136 g/mol. The first kappa shape index (κ1) is 8.51. The Morgan fingerprint density at radius 2 is 2.18 bits per heavy atom. The fraction of sp³-hybridized carbons (Fsp3) is 0.700. The van der Waals surface area contributed by atoms with Crippen LogP contribution in [0, 0.1) is 11.8 Å². The summed E-state index contributed by atoms with van der Waals surface area (Å²) in [6, 6.07) is 0. The Balaban J connectivity index is 2.33. The van der Waals surface area contributed by atoms with Crippen molar-refractivity contribution in [3.05, 3.63) is 12.2 Å². The van der Waals surface area contributed by atoms with Crippen LogP contribution in [0.25, 0.3) is 0 Å². The predicted octanol–water partition coefficient (Wildman–Crippen LogP) is 2.57. The number of rotatable bonds is 4. The Hall–Kier alpha value is -0.590. The van der Waals surface area contributed by atoms with E-state index in [9.17, 15) is 4.79 Å². The fourth-order valence-electron chi connectivity index (χ4n) is 1.32. The molecule has 0 aliphatic heterocycles. The maximum absolute atomic E-state index is 11.4. The van der Waals surface area contributed by atoms with Crippen LogP contribution in [0.4, 0.5) is 0 Å². The molecule has 0 saturated heterocycles. The van der Waals surface area contributed by atoms with Gasteiger partial charge in [-0.25, -0.2) is 0 Å². The molecule has 1 fully saturated rings. The number of hydrogen-bond acceptors (Lipinski definition) is 1. The minimum atomic E-state index is 0.284. The molecule has 0 N–H and O–H groups in total. The Kier molecular flexibility index (Phi) is 2.48. The monoisotopic (exact) mass is 152 g/mol. The lowest BCUT2D eigenvalue weighted by Crippen LogP contribution is -2.12. The molecule has 1 aliphatic rings. The molecule has 62 valence electrons. The van der Waals surface area contributed by atoms with Gasteiger partial charge in [0.25, 0.3) is 0 Å². The average Bonchev–Trinajstić information content (AvgIpc) is 2.65. The third-order valence-corrected chi connectivity index (χ3v) is 2.31. The maximum atomic E-state index is 11.4. The molecule has 1 rings (SSSR count). The molecule has 0 aromatic heterocycles. The standard InChI is InChI=1S/C10H16O/c1-7(2)6-10(11)8(3)9-4-5-9/h8-9H,1,4-6H2,2-3H3. The number of carbonyl (C=O) groups excluding carboxylic acids is 1. The van der Waals surface area contributed by atoms with Gasteiger partial charge in [0.2, 0.25) is 0 Å². The van der Waals surface area contributed by atoms with Crippen LogP contribution in [-0.2, 0) is 4.79 Å². The number of ketones is 1. The van der Waals surface area contributed by atoms with E-state index < -0.39 is 0 Å². The third-order valence-electron chi connectivity index (χ3n) is 2.31. The molecule has 1 unspecified atom stereocenters. The number of allylic oxidation sites excluding steroid dienone is 1. The van der Waals surface area contributed by atoms with Gasteiger partial charge in [-0.05, 0) is 25.7 Å². The molecule has 1 saturated carbocycles. The molecule has 1 heteroatoms. The van der Waals surface area contributed by atoms with Gasteiger partial charge in [0.15, 0.2) is 0 Å². The molecule has 1 aliphatic carbocycles. The predicted molar refractivity (Wildman–Crippen MR) is 46.3 cm³/mol. The molecule has 0 amide bonds. The quantitative estimate of drug-likeness (QED) is 0.566. The third kappa shape index (κ3) is 2.49. The summed E-state index contributed by atoms with van der Waals surface area (Å²) < 4.78 is 0. The van der Waals surface area contributed by atoms with Crippen molar-refractivity contribution in [2.75, 3.05) is 0 Å². The molecule has 0 spiro atoms. The highest BCUT2D eigenvalue weighted by molar-refractivity contribution is 5.83. The van der Waals surface area contributed by atoms with Crippen molar-refractivity contribution in [1.29, 1.82) is 0 Å². The van der Waals surface area contributed by atoms with Crippen LogP contribution in [-0.4, -0.2) is 5.78 Å². The van der Waals surface area contributed by atoms with Crippen molar-refractivity contribution in [2.24, 2.45) is 11.8 Å². The van der Waals surface area contributed by atoms with E-state index in [2.05, 4.69) is 6.58 Å². The molecule has 0 radical (unpaired) electrons. The molecule has 0 heterocycles. The molecule has 0 bridgehead atoms. The zero-order valence-electron chi connectivity index (χ0n) is 7.39. The lowest BCUT2D eigenvalue weighted by atomic mass is 9.96. The van der Waals surface area contributed by atoms with E-state index in [4.69, 9.17) is 0 Å². The van der Waals surface area contributed by atoms with Crippen LogP contribution in [0.1, 0.15) is 33.1 Å². The van der Waals surface area contributed by atoms with Crippen LogP contribution in [0.15, 0.2) is 12.2 Å². The first-order valence-electron chi connectivity index (χ1n) is 4.28. The lowest BCUT2D eigenvalue weighted by Gasteiger charge is -2.07. The Labute approximate surface area is 68.5 Å². The molecule has 0 aromatic rings. The van der Waals surface area contributed by atoms with E-state index in [1.165, 1.54) is 12.8 Å². The van der Waals surface area contributed by atoms with Crippen LogP contribution in [0.3, 0.4) is 0 Å². The van der Waals surface area contributed by atoms with E-state index in [1.54, 1.807) is 0 Å². The Bertz CT molecular complexity index is 177. The second-order valence-corrected chi connectivity index (χ2v) is 3.73. The van der Waals surface area contributed by atoms with Crippen LogP contribution >= 0.6 is 0 Å². The largest absolute Gasteiger partial charge is 0.299 e. The normalized spacial score (nSPS) is 19.5. The average molecular weight is 152 g/mol. The zero-order chi connectivity index (χ0) is 8.43. The van der Waals surface area contributed by atoms with E-state index in [0.717, 1.165) is 5.57 Å². The van der Waals surface area contributed by atoms with Gasteiger partial charge in [0.05, 0.1) is 0 Å². The second kappa shape index (κ2) is 3.21. The first-order chi connectivity index (χ1) is 5.11. The van der Waals surface area contributed by atoms with Crippen molar-refractivity contribution in [3.63, 3.8) is 0 Å². The Morgan fingerprint density at radius 1 is 1.64 bits per heavy atom. The van der Waals surface area contributed by atoms with Crippen molar-refractivity contribution in [3.8, 4) is 0 Å². The molecule has 11 heavy (non-hydrogen) atoms. The van der Waals surface area contributed by atoms with E-state index in [0.29, 0.717) is 18.1 Å². The van der Waals surface area contributed by atoms with E-state index in [1.807, 2.05) is 13.8 Å². The van der Waals surface area contributed by atoms with Crippen LogP contribution in [0.5, 0.6) is 0 Å². The topological polar surface area (TPSA) is 17.1 Å². The van der Waals surface area contributed by atoms with Gasteiger partial charge in [0, 0.05) is 12.3 Å². The second-order valence-electron chi connectivity index (χ2n) is 3.73. The van der Waals surface area contributed by atoms with E-state index >= 15 is 0 Å². The SMILES string of the molecule is C=C(C)CC(=O)C(C)C1CC1. The summed E-state index contributed by atoms with van der Waals surface area (Å²) in [6.45, 7) is 7.70. The summed E-state index contributed by atoms with van der Waals surface area (Å²) in [6.07, 6.45) is 3.09. The minimum absolute atomic E-state index is 0.284. The van der Waals surface area contributed by atoms with Crippen LogP contribution in [0.2, 0.25) is 0 Å². The summed E-state index contributed by atoms with van der Waals surface area (Å²) in [5.41, 5.74) is 0.988.